The molecule has 0 unspecified atom stereocenters. The van der Waals surface area contributed by atoms with Crippen LogP contribution in [0.5, 0.6) is 0 Å². The molecule has 0 spiro atoms. The first kappa shape index (κ1) is 17.8. The van der Waals surface area contributed by atoms with Crippen molar-refractivity contribution in [3.05, 3.63) is 35.4 Å². The standard InChI is InChI=1S/C16H23N3O3/c1-12(2)14-6-4-13(5-7-14)11-18-19-16(21)10-15(20)17-8-9-22-3/h4-7,11-12H,8-10H2,1-3H3,(H,17,20)(H,19,21)/b18-11-. The monoisotopic (exact) mass is 305 g/mol. The fourth-order valence-corrected chi connectivity index (χ4v) is 1.69. The molecule has 22 heavy (non-hydrogen) atoms. The molecule has 0 atom stereocenters. The predicted octanol–water partition coefficient (Wildman–Crippen LogP) is 1.41. The van der Waals surface area contributed by atoms with E-state index in [1.165, 1.54) is 5.56 Å². The Hall–Kier alpha value is -2.21. The average molecular weight is 305 g/mol. The molecule has 0 aliphatic rings. The summed E-state index contributed by atoms with van der Waals surface area (Å²) in [6.45, 7) is 5.05. The number of methoxy groups -OCH3 is 1. The number of rotatable bonds is 8. The van der Waals surface area contributed by atoms with Gasteiger partial charge in [0.05, 0.1) is 12.8 Å². The van der Waals surface area contributed by atoms with Gasteiger partial charge in [-0.2, -0.15) is 5.10 Å². The number of hydrazone groups is 1. The molecule has 120 valence electrons. The van der Waals surface area contributed by atoms with Gasteiger partial charge >= 0.3 is 0 Å². The summed E-state index contributed by atoms with van der Waals surface area (Å²) in [5, 5.41) is 6.40. The average Bonchev–Trinajstić information content (AvgIpc) is 2.48. The van der Waals surface area contributed by atoms with Crippen LogP contribution in [-0.2, 0) is 14.3 Å². The fraction of sp³-hybridized carbons (Fsp3) is 0.438. The summed E-state index contributed by atoms with van der Waals surface area (Å²) in [5.74, 6) is -0.335. The SMILES string of the molecule is COCCNC(=O)CC(=O)N/N=C\c1ccc(C(C)C)cc1. The molecule has 0 heterocycles. The third kappa shape index (κ3) is 6.99. The van der Waals surface area contributed by atoms with E-state index in [4.69, 9.17) is 4.74 Å². The summed E-state index contributed by atoms with van der Waals surface area (Å²) < 4.78 is 4.80. The third-order valence-corrected chi connectivity index (χ3v) is 2.96. The maximum absolute atomic E-state index is 11.5. The van der Waals surface area contributed by atoms with Crippen molar-refractivity contribution in [1.82, 2.24) is 10.7 Å². The zero-order valence-electron chi connectivity index (χ0n) is 13.3. The highest BCUT2D eigenvalue weighted by Crippen LogP contribution is 2.13. The molecule has 1 rings (SSSR count). The second kappa shape index (κ2) is 9.68. The number of nitrogens with one attached hydrogen (secondary N) is 2. The molecule has 6 nitrogen and oxygen atoms in total. The van der Waals surface area contributed by atoms with Gasteiger partial charge in [0.15, 0.2) is 0 Å². The lowest BCUT2D eigenvalue weighted by molar-refractivity contribution is -0.129. The van der Waals surface area contributed by atoms with Crippen LogP contribution in [0.3, 0.4) is 0 Å². The Morgan fingerprint density at radius 1 is 1.23 bits per heavy atom. The van der Waals surface area contributed by atoms with E-state index in [1.807, 2.05) is 24.3 Å². The van der Waals surface area contributed by atoms with Crippen LogP contribution < -0.4 is 10.7 Å². The van der Waals surface area contributed by atoms with Crippen molar-refractivity contribution in [2.24, 2.45) is 5.10 Å². The van der Waals surface area contributed by atoms with Crippen molar-refractivity contribution in [3.8, 4) is 0 Å². The highest BCUT2D eigenvalue weighted by atomic mass is 16.5. The van der Waals surface area contributed by atoms with Crippen molar-refractivity contribution in [1.29, 1.82) is 0 Å². The van der Waals surface area contributed by atoms with Gasteiger partial charge < -0.3 is 10.1 Å². The number of nitrogens with zero attached hydrogens (tertiary/aromatic N) is 1. The molecule has 0 aliphatic carbocycles. The van der Waals surface area contributed by atoms with E-state index in [0.717, 1.165) is 5.56 Å². The van der Waals surface area contributed by atoms with Crippen molar-refractivity contribution in [2.45, 2.75) is 26.2 Å². The molecule has 1 aromatic rings. The van der Waals surface area contributed by atoms with Crippen molar-refractivity contribution in [2.75, 3.05) is 20.3 Å². The smallest absolute Gasteiger partial charge is 0.249 e. The number of carbonyl (C=O) groups excluding carboxylic acids is 2. The second-order valence-corrected chi connectivity index (χ2v) is 5.13. The summed E-state index contributed by atoms with van der Waals surface area (Å²) in [6.07, 6.45) is 1.29. The number of hydrogen-bond donors (Lipinski definition) is 2. The molecular formula is C16H23N3O3. The van der Waals surface area contributed by atoms with Gasteiger partial charge in [-0.15, -0.1) is 0 Å². The first-order valence-corrected chi connectivity index (χ1v) is 7.20. The minimum Gasteiger partial charge on any atom is -0.383 e. The van der Waals surface area contributed by atoms with Crippen LogP contribution in [0.15, 0.2) is 29.4 Å². The molecule has 2 amide bonds. The molecule has 2 N–H and O–H groups in total. The predicted molar refractivity (Wildman–Crippen MR) is 85.8 cm³/mol. The van der Waals surface area contributed by atoms with Crippen LogP contribution in [-0.4, -0.2) is 38.3 Å². The van der Waals surface area contributed by atoms with E-state index in [9.17, 15) is 9.59 Å². The van der Waals surface area contributed by atoms with Crippen LogP contribution in [0, 0.1) is 0 Å². The minimum atomic E-state index is -0.454. The molecule has 0 saturated carbocycles. The summed E-state index contributed by atoms with van der Waals surface area (Å²) in [5.41, 5.74) is 4.46. The quantitative estimate of drug-likeness (QED) is 0.330. The first-order chi connectivity index (χ1) is 10.5. The number of carbonyl (C=O) groups is 2. The van der Waals surface area contributed by atoms with E-state index in [0.29, 0.717) is 19.1 Å². The molecule has 0 bridgehead atoms. The van der Waals surface area contributed by atoms with E-state index >= 15 is 0 Å². The molecule has 6 heteroatoms. The van der Waals surface area contributed by atoms with Crippen molar-refractivity contribution in [3.63, 3.8) is 0 Å². The van der Waals surface area contributed by atoms with Crippen molar-refractivity contribution >= 4 is 18.0 Å². The van der Waals surface area contributed by atoms with E-state index in [2.05, 4.69) is 29.7 Å². The van der Waals surface area contributed by atoms with Gasteiger partial charge in [0.2, 0.25) is 11.8 Å². The number of hydrogen-bond acceptors (Lipinski definition) is 4. The highest BCUT2D eigenvalue weighted by Gasteiger charge is 2.07. The Labute approximate surface area is 130 Å². The maximum atomic E-state index is 11.5. The van der Waals surface area contributed by atoms with E-state index in [1.54, 1.807) is 13.3 Å². The van der Waals surface area contributed by atoms with Crippen molar-refractivity contribution < 1.29 is 14.3 Å². The lowest BCUT2D eigenvalue weighted by Gasteiger charge is -2.04. The van der Waals surface area contributed by atoms with E-state index in [-0.39, 0.29) is 12.3 Å². The number of amides is 2. The Balaban J connectivity index is 2.35. The molecule has 1 aromatic carbocycles. The second-order valence-electron chi connectivity index (χ2n) is 5.13. The molecule has 0 saturated heterocycles. The van der Waals surface area contributed by atoms with Gasteiger partial charge in [0.1, 0.15) is 6.42 Å². The molecule has 0 aliphatic heterocycles. The van der Waals surface area contributed by atoms with Gasteiger partial charge in [-0.1, -0.05) is 38.1 Å². The maximum Gasteiger partial charge on any atom is 0.249 e. The summed E-state index contributed by atoms with van der Waals surface area (Å²) in [6, 6.07) is 7.92. The molecule has 0 aromatic heterocycles. The van der Waals surface area contributed by atoms with Crippen LogP contribution in [0.4, 0.5) is 0 Å². The van der Waals surface area contributed by atoms with Crippen LogP contribution >= 0.6 is 0 Å². The van der Waals surface area contributed by atoms with Gasteiger partial charge in [0.25, 0.3) is 0 Å². The Kier molecular flexibility index (Phi) is 7.85. The topological polar surface area (TPSA) is 79.8 Å². The van der Waals surface area contributed by atoms with Gasteiger partial charge in [-0.05, 0) is 17.0 Å². The zero-order chi connectivity index (χ0) is 16.4. The third-order valence-electron chi connectivity index (χ3n) is 2.96. The zero-order valence-corrected chi connectivity index (χ0v) is 13.3. The molecule has 0 radical (unpaired) electrons. The van der Waals surface area contributed by atoms with Gasteiger partial charge in [-0.25, -0.2) is 5.43 Å². The van der Waals surface area contributed by atoms with Gasteiger partial charge in [0, 0.05) is 13.7 Å². The largest absolute Gasteiger partial charge is 0.383 e. The van der Waals surface area contributed by atoms with E-state index < -0.39 is 5.91 Å². The molecule has 0 fully saturated rings. The lowest BCUT2D eigenvalue weighted by atomic mass is 10.0. The van der Waals surface area contributed by atoms with Crippen LogP contribution in [0.25, 0.3) is 0 Å². The summed E-state index contributed by atoms with van der Waals surface area (Å²) >= 11 is 0. The number of benzene rings is 1. The normalized spacial score (nSPS) is 10.9. The van der Waals surface area contributed by atoms with Crippen LogP contribution in [0.1, 0.15) is 37.3 Å². The number of ether oxygens (including phenoxy) is 1. The fourth-order valence-electron chi connectivity index (χ4n) is 1.69. The first-order valence-electron chi connectivity index (χ1n) is 7.20. The highest BCUT2D eigenvalue weighted by molar-refractivity contribution is 5.97. The summed E-state index contributed by atoms with van der Waals surface area (Å²) in [4.78, 5) is 22.9. The summed E-state index contributed by atoms with van der Waals surface area (Å²) in [7, 11) is 1.54. The Morgan fingerprint density at radius 2 is 1.91 bits per heavy atom. The Morgan fingerprint density at radius 3 is 2.50 bits per heavy atom. The molecular weight excluding hydrogens is 282 g/mol. The lowest BCUT2D eigenvalue weighted by Crippen LogP contribution is -2.31. The van der Waals surface area contributed by atoms with Crippen LogP contribution in [0.2, 0.25) is 0 Å². The Bertz CT molecular complexity index is 510. The van der Waals surface area contributed by atoms with Gasteiger partial charge in [-0.3, -0.25) is 9.59 Å². The minimum absolute atomic E-state index is 0.257.